The fraction of sp³-hybridized carbons (Fsp3) is 0.667. The van der Waals surface area contributed by atoms with Crippen molar-refractivity contribution in [3.05, 3.63) is 18.2 Å². The summed E-state index contributed by atoms with van der Waals surface area (Å²) in [6.45, 7) is 4.39. The number of aliphatic hydroxyl groups is 1. The van der Waals surface area contributed by atoms with Crippen LogP contribution in [0.4, 0.5) is 0 Å². The highest BCUT2D eigenvalue weighted by molar-refractivity contribution is 7.46. The molecule has 10 N–H and O–H groups in total. The summed E-state index contributed by atoms with van der Waals surface area (Å²) < 4.78 is 15.5. The molecule has 1 fully saturated rings. The topological polar surface area (TPSA) is 281 Å². The molecular weight excluding hydrogens is 593 g/mol. The molecule has 4 amide bonds. The molecule has 18 nitrogen and oxygen atoms in total. The van der Waals surface area contributed by atoms with Gasteiger partial charge in [-0.25, -0.2) is 14.3 Å². The van der Waals surface area contributed by atoms with Gasteiger partial charge < -0.3 is 51.6 Å². The minimum absolute atomic E-state index is 0.00550. The van der Waals surface area contributed by atoms with Gasteiger partial charge in [0, 0.05) is 18.3 Å². The molecule has 0 aliphatic carbocycles. The van der Waals surface area contributed by atoms with E-state index in [0.717, 1.165) is 13.3 Å². The number of carboxylic acid groups (broad SMARTS) is 1. The van der Waals surface area contributed by atoms with Gasteiger partial charge in [-0.15, -0.1) is 0 Å². The lowest BCUT2D eigenvalue weighted by molar-refractivity contribution is -0.145. The van der Waals surface area contributed by atoms with Crippen LogP contribution in [0, 0.1) is 5.92 Å². The van der Waals surface area contributed by atoms with Gasteiger partial charge >= 0.3 is 13.8 Å². The van der Waals surface area contributed by atoms with Crippen LogP contribution in [0.15, 0.2) is 12.5 Å². The number of aromatic nitrogens is 2. The molecule has 1 aliphatic heterocycles. The van der Waals surface area contributed by atoms with E-state index < -0.39 is 74.4 Å². The van der Waals surface area contributed by atoms with Gasteiger partial charge in [-0.1, -0.05) is 13.8 Å². The van der Waals surface area contributed by atoms with Crippen LogP contribution in [0.5, 0.6) is 0 Å². The van der Waals surface area contributed by atoms with E-state index in [1.165, 1.54) is 12.5 Å². The molecule has 0 spiro atoms. The molecule has 1 aromatic heterocycles. The van der Waals surface area contributed by atoms with Gasteiger partial charge in [-0.05, 0) is 38.6 Å². The minimum atomic E-state index is -5.11. The Morgan fingerprint density at radius 3 is 2.16 bits per heavy atom. The maximum atomic E-state index is 13.3. The minimum Gasteiger partial charge on any atom is -0.480 e. The van der Waals surface area contributed by atoms with E-state index in [1.807, 2.05) is 19.2 Å². The molecule has 6 atom stereocenters. The number of aliphatic carboxylic acids is 1. The molecular formula is C24H40N7O11P. The lowest BCUT2D eigenvalue weighted by atomic mass is 10.0. The summed E-state index contributed by atoms with van der Waals surface area (Å²) in [6.07, 6.45) is 2.61. The molecule has 0 radical (unpaired) electrons. The fourth-order valence-electron chi connectivity index (χ4n) is 4.36. The highest BCUT2D eigenvalue weighted by Gasteiger charge is 2.36. The first kappa shape index (κ1) is 35.8. The maximum Gasteiger partial charge on any atom is 0.469 e. The largest absolute Gasteiger partial charge is 0.480 e. The number of amides is 4. The predicted molar refractivity (Wildman–Crippen MR) is 148 cm³/mol. The third-order valence-electron chi connectivity index (χ3n) is 6.48. The van der Waals surface area contributed by atoms with Crippen LogP contribution in [0.2, 0.25) is 0 Å². The van der Waals surface area contributed by atoms with Gasteiger partial charge in [-0.2, -0.15) is 0 Å². The molecule has 2 rings (SSSR count). The van der Waals surface area contributed by atoms with Crippen LogP contribution >= 0.6 is 7.82 Å². The van der Waals surface area contributed by atoms with Crippen molar-refractivity contribution in [2.24, 2.45) is 5.92 Å². The maximum absolute atomic E-state index is 13.3. The summed E-state index contributed by atoms with van der Waals surface area (Å²) in [6, 6.07) is -6.45. The van der Waals surface area contributed by atoms with Gasteiger partial charge in [0.15, 0.2) is 6.04 Å². The number of hydrogen-bond donors (Lipinski definition) is 10. The molecule has 242 valence electrons. The second-order valence-corrected chi connectivity index (χ2v) is 11.7. The summed E-state index contributed by atoms with van der Waals surface area (Å²) in [5.74, 6) is -4.86. The number of aromatic amines is 1. The molecule has 0 saturated carbocycles. The summed E-state index contributed by atoms with van der Waals surface area (Å²) in [5.41, 5.74) is 0.430. The van der Waals surface area contributed by atoms with Crippen molar-refractivity contribution in [1.29, 1.82) is 0 Å². The van der Waals surface area contributed by atoms with E-state index in [0.29, 0.717) is 18.7 Å². The van der Waals surface area contributed by atoms with Crippen molar-refractivity contribution < 1.29 is 53.1 Å². The van der Waals surface area contributed by atoms with E-state index in [2.05, 4.69) is 35.8 Å². The van der Waals surface area contributed by atoms with Gasteiger partial charge in [0.25, 0.3) is 0 Å². The molecule has 1 aromatic rings. The third kappa shape index (κ3) is 12.0. The zero-order valence-electron chi connectivity index (χ0n) is 24.0. The van der Waals surface area contributed by atoms with Crippen LogP contribution in [0.3, 0.4) is 0 Å². The van der Waals surface area contributed by atoms with Gasteiger partial charge in [0.1, 0.15) is 18.1 Å². The molecule has 0 bridgehead atoms. The number of phosphoric ester groups is 1. The Labute approximate surface area is 247 Å². The van der Waals surface area contributed by atoms with Crippen molar-refractivity contribution in [3.63, 3.8) is 0 Å². The summed E-state index contributed by atoms with van der Waals surface area (Å²) >= 11 is 0. The fourth-order valence-corrected chi connectivity index (χ4v) is 4.91. The van der Waals surface area contributed by atoms with Gasteiger partial charge in [0.2, 0.25) is 23.6 Å². The number of nitrogens with one attached hydrogen (secondary N) is 6. The number of H-pyrrole nitrogens is 1. The lowest BCUT2D eigenvalue weighted by Crippen LogP contribution is -2.60. The van der Waals surface area contributed by atoms with Gasteiger partial charge in [-0.3, -0.25) is 23.7 Å². The molecule has 0 aromatic carbocycles. The normalized spacial score (nSPS) is 18.6. The summed E-state index contributed by atoms with van der Waals surface area (Å²) in [4.78, 5) is 88.4. The average Bonchev–Trinajstić information content (AvgIpc) is 3.62. The SMILES string of the molecule is CC(C)C[C@H](NC(=O)[C@@H]1CCCN1)C(=O)N[C@@H](Cc1cnc[nH]1)C(=O)N[C@@H](CO)C(=O)N[C@H](C(=O)O)[C@@H](C)OP(=O)(O)O. The van der Waals surface area contributed by atoms with E-state index in [4.69, 9.17) is 9.79 Å². The number of aliphatic hydroxyl groups excluding tert-OH is 1. The summed E-state index contributed by atoms with van der Waals surface area (Å²) in [7, 11) is -5.11. The molecule has 1 saturated heterocycles. The second kappa shape index (κ2) is 16.4. The molecule has 19 heteroatoms. The first-order valence-corrected chi connectivity index (χ1v) is 15.1. The Morgan fingerprint density at radius 1 is 1.02 bits per heavy atom. The number of hydrogen-bond acceptors (Lipinski definition) is 10. The highest BCUT2D eigenvalue weighted by Crippen LogP contribution is 2.38. The zero-order chi connectivity index (χ0) is 32.3. The second-order valence-electron chi connectivity index (χ2n) is 10.6. The highest BCUT2D eigenvalue weighted by atomic mass is 31.2. The monoisotopic (exact) mass is 633 g/mol. The lowest BCUT2D eigenvalue weighted by Gasteiger charge is -2.27. The number of phosphoric acid groups is 1. The number of carboxylic acids is 1. The number of carbonyl (C=O) groups is 5. The van der Waals surface area contributed by atoms with E-state index >= 15 is 0 Å². The Bertz CT molecular complexity index is 1150. The predicted octanol–water partition coefficient (Wildman–Crippen LogP) is -2.74. The Morgan fingerprint density at radius 2 is 1.65 bits per heavy atom. The molecule has 2 heterocycles. The zero-order valence-corrected chi connectivity index (χ0v) is 24.9. The first-order valence-electron chi connectivity index (χ1n) is 13.6. The van der Waals surface area contributed by atoms with Crippen LogP contribution in [-0.2, 0) is 39.5 Å². The van der Waals surface area contributed by atoms with Crippen molar-refractivity contribution in [1.82, 2.24) is 36.6 Å². The van der Waals surface area contributed by atoms with Crippen LogP contribution < -0.4 is 26.6 Å². The van der Waals surface area contributed by atoms with Crippen LogP contribution in [0.25, 0.3) is 0 Å². The smallest absolute Gasteiger partial charge is 0.469 e. The van der Waals surface area contributed by atoms with E-state index in [9.17, 15) is 38.8 Å². The van der Waals surface area contributed by atoms with E-state index in [-0.39, 0.29) is 24.7 Å². The van der Waals surface area contributed by atoms with Crippen LogP contribution in [-0.4, -0.2) is 109 Å². The van der Waals surface area contributed by atoms with Gasteiger partial charge in [0.05, 0.1) is 25.1 Å². The molecule has 43 heavy (non-hydrogen) atoms. The van der Waals surface area contributed by atoms with Crippen molar-refractivity contribution in [2.75, 3.05) is 13.2 Å². The average molecular weight is 634 g/mol. The summed E-state index contributed by atoms with van der Waals surface area (Å²) in [5, 5.41) is 31.8. The quantitative estimate of drug-likeness (QED) is 0.0781. The van der Waals surface area contributed by atoms with Crippen molar-refractivity contribution in [3.8, 4) is 0 Å². The molecule has 0 unspecified atom stereocenters. The molecule has 1 aliphatic rings. The Kier molecular flexibility index (Phi) is 13.7. The number of carbonyl (C=O) groups excluding carboxylic acids is 4. The number of nitrogens with zero attached hydrogens (tertiary/aromatic N) is 1. The first-order chi connectivity index (χ1) is 20.1. The van der Waals surface area contributed by atoms with Crippen molar-refractivity contribution >= 4 is 37.4 Å². The Balaban J connectivity index is 2.19. The van der Waals surface area contributed by atoms with E-state index in [1.54, 1.807) is 0 Å². The van der Waals surface area contributed by atoms with Crippen LogP contribution in [0.1, 0.15) is 45.7 Å². The third-order valence-corrected chi connectivity index (χ3v) is 7.09. The van der Waals surface area contributed by atoms with Crippen molar-refractivity contribution in [2.45, 2.75) is 82.8 Å². The Hall–Kier alpha value is -3.41. The number of imidazole rings is 1. The standard InChI is InChI=1S/C24H40N7O11P/c1-12(2)7-16(28-20(33)15-5-4-6-26-15)21(34)29-17(8-14-9-25-11-27-14)22(35)30-18(10-32)23(36)31-19(24(37)38)13(3)42-43(39,40)41/h9,11-13,15-19,26,32H,4-8,10H2,1-3H3,(H,25,27)(H,28,33)(H,29,34)(H,30,35)(H,31,36)(H,37,38)(H2,39,40,41)/t13-,15+,16+,17+,18+,19+/m1/s1. The number of rotatable bonds is 17.